The first-order valence-corrected chi connectivity index (χ1v) is 6.37. The minimum Gasteiger partial charge on any atom is -0.301 e. The van der Waals surface area contributed by atoms with Gasteiger partial charge in [-0.25, -0.2) is 5.84 Å². The van der Waals surface area contributed by atoms with E-state index >= 15 is 0 Å². The van der Waals surface area contributed by atoms with Crippen LogP contribution in [0.5, 0.6) is 0 Å². The fourth-order valence-corrected chi connectivity index (χ4v) is 2.52. The molecule has 1 aromatic heterocycles. The van der Waals surface area contributed by atoms with Gasteiger partial charge in [0.1, 0.15) is 5.01 Å². The first kappa shape index (κ1) is 11.7. The molecule has 6 nitrogen and oxygen atoms in total. The molecule has 1 fully saturated rings. The summed E-state index contributed by atoms with van der Waals surface area (Å²) in [6.45, 7) is 8.76. The molecule has 0 amide bonds. The second kappa shape index (κ2) is 5.53. The second-order valence-corrected chi connectivity index (χ2v) is 4.92. The molecule has 90 valence electrons. The predicted octanol–water partition coefficient (Wildman–Crippen LogP) is -0.0388. The fraction of sp³-hybridized carbons (Fsp3) is 0.778. The molecular formula is C9H18N6S. The number of likely N-dealkylation sites (N-methyl/N-ethyl adjacent to an activating group) is 1. The summed E-state index contributed by atoms with van der Waals surface area (Å²) in [6.07, 6.45) is 0. The number of nitrogens with two attached hydrogens (primary N) is 1. The van der Waals surface area contributed by atoms with Gasteiger partial charge in [0.2, 0.25) is 5.13 Å². The van der Waals surface area contributed by atoms with Crippen molar-refractivity contribution in [1.82, 2.24) is 20.0 Å². The number of hydrazine groups is 1. The number of piperazine rings is 1. The van der Waals surface area contributed by atoms with Crippen molar-refractivity contribution in [1.29, 1.82) is 0 Å². The summed E-state index contributed by atoms with van der Waals surface area (Å²) in [5, 5.41) is 9.73. The van der Waals surface area contributed by atoms with Gasteiger partial charge in [-0.3, -0.25) is 10.3 Å². The van der Waals surface area contributed by atoms with E-state index in [1.54, 1.807) is 0 Å². The molecule has 1 aliphatic rings. The van der Waals surface area contributed by atoms with Gasteiger partial charge in [-0.1, -0.05) is 18.3 Å². The third kappa shape index (κ3) is 2.88. The van der Waals surface area contributed by atoms with Crippen LogP contribution in [-0.2, 0) is 6.54 Å². The molecule has 2 rings (SSSR count). The lowest BCUT2D eigenvalue weighted by atomic mass is 10.3. The van der Waals surface area contributed by atoms with Gasteiger partial charge in [0.25, 0.3) is 0 Å². The molecule has 16 heavy (non-hydrogen) atoms. The third-order valence-electron chi connectivity index (χ3n) is 2.86. The average Bonchev–Trinajstić information content (AvgIpc) is 2.78. The maximum Gasteiger partial charge on any atom is 0.219 e. The Morgan fingerprint density at radius 3 is 2.50 bits per heavy atom. The highest BCUT2D eigenvalue weighted by Gasteiger charge is 2.16. The van der Waals surface area contributed by atoms with E-state index in [2.05, 4.69) is 32.3 Å². The van der Waals surface area contributed by atoms with Crippen LogP contribution in [0.4, 0.5) is 5.13 Å². The number of nitrogens with zero attached hydrogens (tertiary/aromatic N) is 4. The van der Waals surface area contributed by atoms with Crippen molar-refractivity contribution in [2.75, 3.05) is 38.1 Å². The van der Waals surface area contributed by atoms with Gasteiger partial charge in [0.05, 0.1) is 6.54 Å². The van der Waals surface area contributed by atoms with Crippen LogP contribution < -0.4 is 11.3 Å². The standard InChI is InChI=1S/C9H18N6S/c1-2-14-3-5-15(6-4-14)7-8-12-13-9(11-10)16-8/h2-7,10H2,1H3,(H,11,13). The summed E-state index contributed by atoms with van der Waals surface area (Å²) in [6, 6.07) is 0. The van der Waals surface area contributed by atoms with Crippen molar-refractivity contribution in [3.63, 3.8) is 0 Å². The van der Waals surface area contributed by atoms with E-state index in [9.17, 15) is 0 Å². The molecule has 0 aromatic carbocycles. The molecule has 0 unspecified atom stereocenters. The van der Waals surface area contributed by atoms with Crippen molar-refractivity contribution in [2.24, 2.45) is 5.84 Å². The van der Waals surface area contributed by atoms with Gasteiger partial charge >= 0.3 is 0 Å². The Bertz CT molecular complexity index is 320. The van der Waals surface area contributed by atoms with Crippen molar-refractivity contribution >= 4 is 16.5 Å². The number of hydrogen-bond acceptors (Lipinski definition) is 7. The van der Waals surface area contributed by atoms with E-state index in [1.807, 2.05) is 0 Å². The molecule has 3 N–H and O–H groups in total. The van der Waals surface area contributed by atoms with Crippen LogP contribution >= 0.6 is 11.3 Å². The smallest absolute Gasteiger partial charge is 0.219 e. The van der Waals surface area contributed by atoms with Crippen LogP contribution in [0.2, 0.25) is 0 Å². The Morgan fingerprint density at radius 1 is 1.25 bits per heavy atom. The number of nitrogen functional groups attached to an aromatic ring is 1. The summed E-state index contributed by atoms with van der Waals surface area (Å²) >= 11 is 1.52. The van der Waals surface area contributed by atoms with Crippen molar-refractivity contribution in [3.8, 4) is 0 Å². The highest BCUT2D eigenvalue weighted by Crippen LogP contribution is 2.16. The number of anilines is 1. The normalized spacial score (nSPS) is 18.9. The molecule has 1 saturated heterocycles. The Hall–Kier alpha value is -0.760. The van der Waals surface area contributed by atoms with Crippen LogP contribution in [0.15, 0.2) is 0 Å². The molecule has 0 saturated carbocycles. The molecule has 2 heterocycles. The van der Waals surface area contributed by atoms with Crippen LogP contribution in [0.25, 0.3) is 0 Å². The summed E-state index contributed by atoms with van der Waals surface area (Å²) in [4.78, 5) is 4.87. The highest BCUT2D eigenvalue weighted by molar-refractivity contribution is 7.15. The molecule has 0 spiro atoms. The maximum absolute atomic E-state index is 5.27. The lowest BCUT2D eigenvalue weighted by Gasteiger charge is -2.33. The average molecular weight is 242 g/mol. The number of rotatable bonds is 4. The van der Waals surface area contributed by atoms with Crippen LogP contribution in [0.3, 0.4) is 0 Å². The molecule has 0 aliphatic carbocycles. The zero-order valence-electron chi connectivity index (χ0n) is 9.52. The third-order valence-corrected chi connectivity index (χ3v) is 3.70. The van der Waals surface area contributed by atoms with Crippen LogP contribution in [0, 0.1) is 0 Å². The van der Waals surface area contributed by atoms with E-state index in [0.717, 1.165) is 44.3 Å². The SMILES string of the molecule is CCN1CCN(Cc2nnc(NN)s2)CC1. The van der Waals surface area contributed by atoms with Gasteiger partial charge in [0.15, 0.2) is 0 Å². The molecule has 0 bridgehead atoms. The Labute approximate surface area is 99.4 Å². The Kier molecular flexibility index (Phi) is 4.05. The molecule has 1 aliphatic heterocycles. The topological polar surface area (TPSA) is 70.3 Å². The van der Waals surface area contributed by atoms with E-state index in [4.69, 9.17) is 5.84 Å². The first-order chi connectivity index (χ1) is 7.81. The molecule has 1 aromatic rings. The van der Waals surface area contributed by atoms with Gasteiger partial charge in [-0.2, -0.15) is 0 Å². The number of hydrogen-bond donors (Lipinski definition) is 2. The molecule has 0 atom stereocenters. The quantitative estimate of drug-likeness (QED) is 0.570. The van der Waals surface area contributed by atoms with Gasteiger partial charge in [-0.15, -0.1) is 10.2 Å². The molecule has 7 heteroatoms. The van der Waals surface area contributed by atoms with Crippen molar-refractivity contribution in [3.05, 3.63) is 5.01 Å². The lowest BCUT2D eigenvalue weighted by Crippen LogP contribution is -2.45. The first-order valence-electron chi connectivity index (χ1n) is 5.55. The second-order valence-electron chi connectivity index (χ2n) is 3.86. The maximum atomic E-state index is 5.27. The molecule has 0 radical (unpaired) electrons. The van der Waals surface area contributed by atoms with Crippen molar-refractivity contribution < 1.29 is 0 Å². The molecular weight excluding hydrogens is 224 g/mol. The monoisotopic (exact) mass is 242 g/mol. The lowest BCUT2D eigenvalue weighted by molar-refractivity contribution is 0.131. The highest BCUT2D eigenvalue weighted by atomic mass is 32.1. The van der Waals surface area contributed by atoms with E-state index in [1.165, 1.54) is 11.3 Å². The minimum absolute atomic E-state index is 0.683. The zero-order chi connectivity index (χ0) is 11.4. The van der Waals surface area contributed by atoms with Crippen molar-refractivity contribution in [2.45, 2.75) is 13.5 Å². The zero-order valence-corrected chi connectivity index (χ0v) is 10.3. The van der Waals surface area contributed by atoms with Gasteiger partial charge < -0.3 is 4.90 Å². The van der Waals surface area contributed by atoms with E-state index in [0.29, 0.717) is 5.13 Å². The summed E-state index contributed by atoms with van der Waals surface area (Å²) < 4.78 is 0. The summed E-state index contributed by atoms with van der Waals surface area (Å²) in [5.74, 6) is 5.27. The fourth-order valence-electron chi connectivity index (χ4n) is 1.83. The number of aromatic nitrogens is 2. The van der Waals surface area contributed by atoms with E-state index < -0.39 is 0 Å². The van der Waals surface area contributed by atoms with E-state index in [-0.39, 0.29) is 0 Å². The largest absolute Gasteiger partial charge is 0.301 e. The number of nitrogens with one attached hydrogen (secondary N) is 1. The summed E-state index contributed by atoms with van der Waals surface area (Å²) in [7, 11) is 0. The Balaban J connectivity index is 1.82. The van der Waals surface area contributed by atoms with Gasteiger partial charge in [-0.05, 0) is 6.54 Å². The predicted molar refractivity (Wildman–Crippen MR) is 65.1 cm³/mol. The van der Waals surface area contributed by atoms with Crippen LogP contribution in [0.1, 0.15) is 11.9 Å². The van der Waals surface area contributed by atoms with Gasteiger partial charge in [0, 0.05) is 26.2 Å². The Morgan fingerprint density at radius 2 is 1.94 bits per heavy atom. The van der Waals surface area contributed by atoms with Crippen LogP contribution in [-0.4, -0.2) is 52.7 Å². The minimum atomic E-state index is 0.683. The summed E-state index contributed by atoms with van der Waals surface area (Å²) in [5.41, 5.74) is 2.52.